The molecular weight excluding hydrogens is 276 g/mol. The summed E-state index contributed by atoms with van der Waals surface area (Å²) in [5, 5.41) is 0. The standard InChI is InChI=1S/C13H10.2C5H12/c1-3-7-12-10(5-1)9-11-6-2-4-8-13(11)12;2*1-5(2,3)4/h1-8H,9H2;2*1-4H3. The lowest BCUT2D eigenvalue weighted by Gasteiger charge is -2.05. The number of fused-ring (bicyclic) bond motifs is 3. The van der Waals surface area contributed by atoms with Crippen molar-refractivity contribution in [3.05, 3.63) is 59.7 Å². The third-order valence-electron chi connectivity index (χ3n) is 2.71. The molecule has 2 aromatic carbocycles. The Morgan fingerprint density at radius 2 is 0.783 bits per heavy atom. The summed E-state index contributed by atoms with van der Waals surface area (Å²) in [4.78, 5) is 0. The first-order chi connectivity index (χ1) is 10.4. The zero-order chi connectivity index (χ0) is 17.7. The first kappa shape index (κ1) is 19.5. The summed E-state index contributed by atoms with van der Waals surface area (Å²) in [6.07, 6.45) is 1.10. The Bertz CT molecular complexity index is 539. The zero-order valence-electron chi connectivity index (χ0n) is 16.3. The summed E-state index contributed by atoms with van der Waals surface area (Å²) in [5.41, 5.74) is 6.75. The van der Waals surface area contributed by atoms with E-state index in [2.05, 4.69) is 104 Å². The van der Waals surface area contributed by atoms with Gasteiger partial charge in [0.15, 0.2) is 0 Å². The Labute approximate surface area is 144 Å². The minimum Gasteiger partial charge on any atom is -0.0619 e. The van der Waals surface area contributed by atoms with Crippen LogP contribution in [-0.4, -0.2) is 0 Å². The molecule has 1 aliphatic rings. The monoisotopic (exact) mass is 310 g/mol. The van der Waals surface area contributed by atoms with E-state index in [0.29, 0.717) is 10.8 Å². The molecule has 1 aliphatic carbocycles. The lowest BCUT2D eigenvalue weighted by atomic mass is 10.0. The molecule has 0 heterocycles. The van der Waals surface area contributed by atoms with Crippen LogP contribution in [-0.2, 0) is 6.42 Å². The van der Waals surface area contributed by atoms with Crippen molar-refractivity contribution in [3.8, 4) is 11.1 Å². The maximum atomic E-state index is 2.22. The van der Waals surface area contributed by atoms with Gasteiger partial charge in [0.05, 0.1) is 0 Å². The van der Waals surface area contributed by atoms with Crippen LogP contribution >= 0.6 is 0 Å². The predicted octanol–water partition coefficient (Wildman–Crippen LogP) is 7.36. The number of hydrogen-bond donors (Lipinski definition) is 0. The highest BCUT2D eigenvalue weighted by Gasteiger charge is 2.15. The smallest absolute Gasteiger partial charge is 0.00135 e. The third kappa shape index (κ3) is 8.59. The van der Waals surface area contributed by atoms with Crippen molar-refractivity contribution >= 4 is 0 Å². The normalized spacial score (nSPS) is 12.2. The highest BCUT2D eigenvalue weighted by molar-refractivity contribution is 5.76. The minimum atomic E-state index is 0.500. The Balaban J connectivity index is 0.000000224. The summed E-state index contributed by atoms with van der Waals surface area (Å²) in [5.74, 6) is 0. The van der Waals surface area contributed by atoms with Crippen LogP contribution in [0.25, 0.3) is 11.1 Å². The minimum absolute atomic E-state index is 0.500. The summed E-state index contributed by atoms with van der Waals surface area (Å²) < 4.78 is 0. The van der Waals surface area contributed by atoms with E-state index >= 15 is 0 Å². The van der Waals surface area contributed by atoms with E-state index in [4.69, 9.17) is 0 Å². The summed E-state index contributed by atoms with van der Waals surface area (Å²) in [7, 11) is 0. The largest absolute Gasteiger partial charge is 0.0619 e. The molecule has 0 aliphatic heterocycles. The van der Waals surface area contributed by atoms with Crippen molar-refractivity contribution in [1.29, 1.82) is 0 Å². The van der Waals surface area contributed by atoms with Gasteiger partial charge < -0.3 is 0 Å². The van der Waals surface area contributed by atoms with Crippen LogP contribution in [0.4, 0.5) is 0 Å². The van der Waals surface area contributed by atoms with Crippen molar-refractivity contribution in [2.75, 3.05) is 0 Å². The fourth-order valence-electron chi connectivity index (χ4n) is 2.08. The van der Waals surface area contributed by atoms with Gasteiger partial charge in [0.25, 0.3) is 0 Å². The van der Waals surface area contributed by atoms with Crippen LogP contribution in [0.15, 0.2) is 48.5 Å². The summed E-state index contributed by atoms with van der Waals surface area (Å²) >= 11 is 0. The lowest BCUT2D eigenvalue weighted by molar-refractivity contribution is 0.469. The first-order valence-corrected chi connectivity index (χ1v) is 8.61. The fraction of sp³-hybridized carbons (Fsp3) is 0.478. The maximum absolute atomic E-state index is 2.22. The molecule has 0 aromatic heterocycles. The van der Waals surface area contributed by atoms with Gasteiger partial charge >= 0.3 is 0 Å². The molecule has 0 saturated heterocycles. The molecule has 2 aromatic rings. The number of hydrogen-bond acceptors (Lipinski definition) is 0. The topological polar surface area (TPSA) is 0 Å². The van der Waals surface area contributed by atoms with Crippen molar-refractivity contribution < 1.29 is 0 Å². The van der Waals surface area contributed by atoms with Gasteiger partial charge in [0.1, 0.15) is 0 Å². The van der Waals surface area contributed by atoms with Gasteiger partial charge in [-0.05, 0) is 39.5 Å². The first-order valence-electron chi connectivity index (χ1n) is 8.61. The molecule has 0 heteroatoms. The Morgan fingerprint density at radius 3 is 1.09 bits per heavy atom. The average molecular weight is 311 g/mol. The van der Waals surface area contributed by atoms with Gasteiger partial charge in [0, 0.05) is 0 Å². The van der Waals surface area contributed by atoms with E-state index in [9.17, 15) is 0 Å². The van der Waals surface area contributed by atoms with Crippen LogP contribution in [0, 0.1) is 10.8 Å². The third-order valence-corrected chi connectivity index (χ3v) is 2.71. The van der Waals surface area contributed by atoms with Crippen molar-refractivity contribution in [2.24, 2.45) is 10.8 Å². The molecule has 23 heavy (non-hydrogen) atoms. The van der Waals surface area contributed by atoms with Gasteiger partial charge in [-0.1, -0.05) is 104 Å². The molecule has 3 rings (SSSR count). The Morgan fingerprint density at radius 1 is 0.522 bits per heavy atom. The summed E-state index contributed by atoms with van der Waals surface area (Å²) in [6, 6.07) is 17.3. The lowest BCUT2D eigenvalue weighted by Crippen LogP contribution is -1.93. The van der Waals surface area contributed by atoms with Gasteiger partial charge in [-0.3, -0.25) is 0 Å². The van der Waals surface area contributed by atoms with E-state index in [-0.39, 0.29) is 0 Å². The molecule has 0 fully saturated rings. The zero-order valence-corrected chi connectivity index (χ0v) is 16.3. The van der Waals surface area contributed by atoms with E-state index in [1.807, 2.05) is 0 Å². The maximum Gasteiger partial charge on any atom is -0.00135 e. The molecule has 0 atom stereocenters. The second-order valence-corrected chi connectivity index (χ2v) is 9.49. The molecule has 0 saturated carbocycles. The fourth-order valence-corrected chi connectivity index (χ4v) is 2.08. The Hall–Kier alpha value is -1.56. The Kier molecular flexibility index (Phi) is 6.62. The van der Waals surface area contributed by atoms with Crippen molar-refractivity contribution in [1.82, 2.24) is 0 Å². The van der Waals surface area contributed by atoms with E-state index in [1.165, 1.54) is 22.3 Å². The van der Waals surface area contributed by atoms with Gasteiger partial charge in [-0.2, -0.15) is 0 Å². The van der Waals surface area contributed by atoms with Crippen LogP contribution in [0.1, 0.15) is 66.5 Å². The molecule has 0 bridgehead atoms. The second-order valence-electron chi connectivity index (χ2n) is 9.49. The van der Waals surface area contributed by atoms with E-state index in [1.54, 1.807) is 0 Å². The van der Waals surface area contributed by atoms with Crippen LogP contribution in [0.2, 0.25) is 0 Å². The highest BCUT2D eigenvalue weighted by Crippen LogP contribution is 2.35. The van der Waals surface area contributed by atoms with E-state index in [0.717, 1.165) is 6.42 Å². The van der Waals surface area contributed by atoms with Crippen LogP contribution in [0.3, 0.4) is 0 Å². The number of rotatable bonds is 0. The molecule has 0 unspecified atom stereocenters. The number of benzene rings is 2. The van der Waals surface area contributed by atoms with Gasteiger partial charge in [0.2, 0.25) is 0 Å². The van der Waals surface area contributed by atoms with E-state index < -0.39 is 0 Å². The van der Waals surface area contributed by atoms with Crippen LogP contribution < -0.4 is 0 Å². The SMILES string of the molecule is CC(C)(C)C.CC(C)(C)C.c1ccc2c(c1)Cc1ccccc1-2. The van der Waals surface area contributed by atoms with Crippen molar-refractivity contribution in [3.63, 3.8) is 0 Å². The molecule has 0 N–H and O–H groups in total. The molecule has 0 nitrogen and oxygen atoms in total. The van der Waals surface area contributed by atoms with Crippen molar-refractivity contribution in [2.45, 2.75) is 61.8 Å². The van der Waals surface area contributed by atoms with Gasteiger partial charge in [-0.25, -0.2) is 0 Å². The molecule has 126 valence electrons. The average Bonchev–Trinajstić information content (AvgIpc) is 2.73. The van der Waals surface area contributed by atoms with Crippen LogP contribution in [0.5, 0.6) is 0 Å². The summed E-state index contributed by atoms with van der Waals surface area (Å²) in [6.45, 7) is 17.5. The molecule has 0 spiro atoms. The molecule has 0 amide bonds. The molecule has 0 radical (unpaired) electrons. The predicted molar refractivity (Wildman–Crippen MR) is 105 cm³/mol. The highest BCUT2D eigenvalue weighted by atomic mass is 14.2. The van der Waals surface area contributed by atoms with Gasteiger partial charge in [-0.15, -0.1) is 0 Å². The quantitative estimate of drug-likeness (QED) is 0.407. The molecular formula is C23H34. The second kappa shape index (κ2) is 7.81.